The van der Waals surface area contributed by atoms with Crippen LogP contribution in [0.5, 0.6) is 0 Å². The second kappa shape index (κ2) is 5.99. The highest BCUT2D eigenvalue weighted by atomic mass is 16.4. The van der Waals surface area contributed by atoms with E-state index in [0.29, 0.717) is 25.1 Å². The summed E-state index contributed by atoms with van der Waals surface area (Å²) in [5, 5.41) is 9.27. The number of carboxylic acid groups (broad SMARTS) is 1. The van der Waals surface area contributed by atoms with Crippen molar-refractivity contribution in [2.45, 2.75) is 19.8 Å². The molecule has 21 heavy (non-hydrogen) atoms. The van der Waals surface area contributed by atoms with Crippen LogP contribution in [0.3, 0.4) is 0 Å². The molecule has 0 aromatic heterocycles. The fourth-order valence-corrected chi connectivity index (χ4v) is 2.54. The van der Waals surface area contributed by atoms with Gasteiger partial charge in [-0.25, -0.2) is 0 Å². The second-order valence-electron chi connectivity index (χ2n) is 5.73. The molecule has 1 aromatic carbocycles. The van der Waals surface area contributed by atoms with E-state index in [1.165, 1.54) is 6.08 Å². The normalized spacial score (nSPS) is 22.4. The average Bonchev–Trinajstić information content (AvgIpc) is 2.45. The van der Waals surface area contributed by atoms with Crippen LogP contribution < -0.4 is 5.73 Å². The molecule has 1 aliphatic rings. The molecule has 1 aliphatic heterocycles. The number of hydrogen-bond donors (Lipinski definition) is 2. The van der Waals surface area contributed by atoms with E-state index in [1.54, 1.807) is 30.0 Å². The van der Waals surface area contributed by atoms with Crippen LogP contribution in [0.1, 0.15) is 25.3 Å². The van der Waals surface area contributed by atoms with Crippen molar-refractivity contribution < 1.29 is 14.7 Å². The summed E-state index contributed by atoms with van der Waals surface area (Å²) in [6.45, 7) is 2.54. The largest absolute Gasteiger partial charge is 0.481 e. The van der Waals surface area contributed by atoms with Crippen LogP contribution in [0, 0.1) is 5.41 Å². The Morgan fingerprint density at radius 1 is 1.43 bits per heavy atom. The van der Waals surface area contributed by atoms with Crippen molar-refractivity contribution in [3.8, 4) is 0 Å². The average molecular weight is 288 g/mol. The van der Waals surface area contributed by atoms with Crippen LogP contribution in [0.4, 0.5) is 5.69 Å². The molecule has 1 atom stereocenters. The molecule has 5 heteroatoms. The van der Waals surface area contributed by atoms with E-state index in [9.17, 15) is 14.7 Å². The number of benzene rings is 1. The molecule has 0 spiro atoms. The molecule has 112 valence electrons. The van der Waals surface area contributed by atoms with Crippen LogP contribution in [-0.2, 0) is 9.59 Å². The number of aliphatic carboxylic acids is 1. The van der Waals surface area contributed by atoms with Gasteiger partial charge >= 0.3 is 5.97 Å². The monoisotopic (exact) mass is 288 g/mol. The summed E-state index contributed by atoms with van der Waals surface area (Å²) in [5.74, 6) is -1.01. The Morgan fingerprint density at radius 3 is 2.86 bits per heavy atom. The predicted molar refractivity (Wildman–Crippen MR) is 81.4 cm³/mol. The summed E-state index contributed by atoms with van der Waals surface area (Å²) >= 11 is 0. The molecule has 1 heterocycles. The molecule has 1 fully saturated rings. The highest BCUT2D eigenvalue weighted by Crippen LogP contribution is 2.29. The second-order valence-corrected chi connectivity index (χ2v) is 5.73. The number of nitrogens with zero attached hydrogens (tertiary/aromatic N) is 1. The molecular weight excluding hydrogens is 268 g/mol. The molecule has 0 bridgehead atoms. The lowest BCUT2D eigenvalue weighted by Gasteiger charge is -2.37. The van der Waals surface area contributed by atoms with E-state index in [1.807, 2.05) is 12.1 Å². The van der Waals surface area contributed by atoms with Crippen LogP contribution in [0.2, 0.25) is 0 Å². The summed E-state index contributed by atoms with van der Waals surface area (Å²) in [4.78, 5) is 25.1. The van der Waals surface area contributed by atoms with Gasteiger partial charge < -0.3 is 15.7 Å². The van der Waals surface area contributed by atoms with Crippen molar-refractivity contribution in [3.63, 3.8) is 0 Å². The van der Waals surface area contributed by atoms with Crippen LogP contribution >= 0.6 is 0 Å². The molecule has 1 aromatic rings. The number of anilines is 1. The molecular formula is C16H20N2O3. The van der Waals surface area contributed by atoms with Gasteiger partial charge in [0.1, 0.15) is 0 Å². The molecule has 5 nitrogen and oxygen atoms in total. The number of nitrogen functional groups attached to an aromatic ring is 1. The van der Waals surface area contributed by atoms with Gasteiger partial charge in [-0.2, -0.15) is 0 Å². The van der Waals surface area contributed by atoms with Crippen molar-refractivity contribution >= 4 is 23.6 Å². The zero-order chi connectivity index (χ0) is 15.5. The minimum absolute atomic E-state index is 0.162. The Labute approximate surface area is 124 Å². The number of carbonyl (C=O) groups is 2. The zero-order valence-electron chi connectivity index (χ0n) is 12.1. The van der Waals surface area contributed by atoms with Gasteiger partial charge in [-0.15, -0.1) is 0 Å². The predicted octanol–water partition coefficient (Wildman–Crippen LogP) is 2.00. The fourth-order valence-electron chi connectivity index (χ4n) is 2.54. The van der Waals surface area contributed by atoms with Crippen LogP contribution in [0.25, 0.3) is 6.08 Å². The molecule has 3 N–H and O–H groups in total. The minimum Gasteiger partial charge on any atom is -0.481 e. The molecule has 1 unspecified atom stereocenters. The van der Waals surface area contributed by atoms with Gasteiger partial charge in [0.25, 0.3) is 0 Å². The summed E-state index contributed by atoms with van der Waals surface area (Å²) < 4.78 is 0. The SMILES string of the molecule is CC1(C(=O)O)CCCN(C(=O)/C=C/c2cccc(N)c2)C1. The van der Waals surface area contributed by atoms with Crippen molar-refractivity contribution in [3.05, 3.63) is 35.9 Å². The first-order chi connectivity index (χ1) is 9.90. The lowest BCUT2D eigenvalue weighted by atomic mass is 9.82. The van der Waals surface area contributed by atoms with Crippen molar-refractivity contribution in [2.75, 3.05) is 18.8 Å². The minimum atomic E-state index is -0.848. The Balaban J connectivity index is 2.05. The van der Waals surface area contributed by atoms with E-state index in [0.717, 1.165) is 5.56 Å². The van der Waals surface area contributed by atoms with Crippen molar-refractivity contribution in [1.29, 1.82) is 0 Å². The molecule has 0 radical (unpaired) electrons. The first-order valence-electron chi connectivity index (χ1n) is 6.97. The summed E-state index contributed by atoms with van der Waals surface area (Å²) in [6, 6.07) is 7.24. The van der Waals surface area contributed by atoms with Gasteiger partial charge in [0.05, 0.1) is 5.41 Å². The summed E-state index contributed by atoms with van der Waals surface area (Å²) in [7, 11) is 0. The Hall–Kier alpha value is -2.30. The number of amides is 1. The number of likely N-dealkylation sites (tertiary alicyclic amines) is 1. The number of carboxylic acids is 1. The van der Waals surface area contributed by atoms with Gasteiger partial charge in [0.2, 0.25) is 5.91 Å². The Kier molecular flexibility index (Phi) is 4.31. The van der Waals surface area contributed by atoms with E-state index in [-0.39, 0.29) is 12.5 Å². The third kappa shape index (κ3) is 3.62. The zero-order valence-corrected chi connectivity index (χ0v) is 12.1. The summed E-state index contributed by atoms with van der Waals surface area (Å²) in [5.41, 5.74) is 6.32. The maximum absolute atomic E-state index is 12.2. The third-order valence-corrected chi connectivity index (χ3v) is 3.85. The van der Waals surface area contributed by atoms with E-state index in [4.69, 9.17) is 5.73 Å². The Bertz CT molecular complexity index is 583. The van der Waals surface area contributed by atoms with Crippen LogP contribution in [0.15, 0.2) is 30.3 Å². The third-order valence-electron chi connectivity index (χ3n) is 3.85. The van der Waals surface area contributed by atoms with Crippen molar-refractivity contribution in [1.82, 2.24) is 4.90 Å². The number of rotatable bonds is 3. The highest BCUT2D eigenvalue weighted by Gasteiger charge is 2.38. The standard InChI is InChI=1S/C16H20N2O3/c1-16(15(20)21)8-3-9-18(11-16)14(19)7-6-12-4-2-5-13(17)10-12/h2,4-7,10H,3,8-9,11,17H2,1H3,(H,20,21)/b7-6+. The Morgan fingerprint density at radius 2 is 2.19 bits per heavy atom. The van der Waals surface area contributed by atoms with E-state index in [2.05, 4.69) is 0 Å². The first kappa shape index (κ1) is 15.1. The highest BCUT2D eigenvalue weighted by molar-refractivity contribution is 5.92. The lowest BCUT2D eigenvalue weighted by molar-refractivity contribution is -0.152. The number of hydrogen-bond acceptors (Lipinski definition) is 3. The molecule has 1 amide bonds. The first-order valence-corrected chi connectivity index (χ1v) is 6.97. The van der Waals surface area contributed by atoms with Gasteiger partial charge in [0, 0.05) is 24.9 Å². The van der Waals surface area contributed by atoms with Crippen LogP contribution in [-0.4, -0.2) is 35.0 Å². The molecule has 0 saturated carbocycles. The fraction of sp³-hybridized carbons (Fsp3) is 0.375. The van der Waals surface area contributed by atoms with Gasteiger partial charge in [-0.1, -0.05) is 12.1 Å². The maximum atomic E-state index is 12.2. The lowest BCUT2D eigenvalue weighted by Crippen LogP contribution is -2.47. The molecule has 0 aliphatic carbocycles. The van der Waals surface area contributed by atoms with Crippen molar-refractivity contribution in [2.24, 2.45) is 5.41 Å². The molecule has 2 rings (SSSR count). The van der Waals surface area contributed by atoms with Gasteiger partial charge in [-0.05, 0) is 43.5 Å². The van der Waals surface area contributed by atoms with Gasteiger partial charge in [-0.3, -0.25) is 9.59 Å². The number of piperidine rings is 1. The van der Waals surface area contributed by atoms with E-state index < -0.39 is 11.4 Å². The topological polar surface area (TPSA) is 83.6 Å². The number of carbonyl (C=O) groups excluding carboxylic acids is 1. The summed E-state index contributed by atoms with van der Waals surface area (Å²) in [6.07, 6.45) is 4.49. The molecule has 1 saturated heterocycles. The van der Waals surface area contributed by atoms with Gasteiger partial charge in [0.15, 0.2) is 0 Å². The maximum Gasteiger partial charge on any atom is 0.311 e. The number of nitrogens with two attached hydrogens (primary N) is 1. The smallest absolute Gasteiger partial charge is 0.311 e. The van der Waals surface area contributed by atoms with E-state index >= 15 is 0 Å². The quantitative estimate of drug-likeness (QED) is 0.658.